The Labute approximate surface area is 98.8 Å². The quantitative estimate of drug-likeness (QED) is 0.511. The minimum atomic E-state index is 0.799. The molecule has 2 nitrogen and oxygen atoms in total. The molecule has 0 unspecified atom stereocenters. The van der Waals surface area contributed by atoms with E-state index in [4.69, 9.17) is 0 Å². The van der Waals surface area contributed by atoms with Gasteiger partial charge in [0.25, 0.3) is 0 Å². The van der Waals surface area contributed by atoms with Crippen molar-refractivity contribution in [3.8, 4) is 0 Å². The van der Waals surface area contributed by atoms with Crippen molar-refractivity contribution in [1.29, 1.82) is 0 Å². The third-order valence-corrected chi connectivity index (χ3v) is 2.46. The second kappa shape index (κ2) is 7.80. The van der Waals surface area contributed by atoms with E-state index in [1.165, 1.54) is 24.9 Å². The molecule has 16 heavy (non-hydrogen) atoms. The maximum atomic E-state index is 3.71. The Morgan fingerprint density at radius 2 is 1.81 bits per heavy atom. The van der Waals surface area contributed by atoms with Crippen molar-refractivity contribution in [1.82, 2.24) is 0 Å². The first kappa shape index (κ1) is 12.6. The summed E-state index contributed by atoms with van der Waals surface area (Å²) in [7, 11) is 0. The molecule has 0 aromatic heterocycles. The number of hydrogen-bond donors (Lipinski definition) is 2. The Kier molecular flexibility index (Phi) is 6.16. The van der Waals surface area contributed by atoms with Crippen LogP contribution in [-0.2, 0) is 0 Å². The predicted molar refractivity (Wildman–Crippen MR) is 73.1 cm³/mol. The summed E-state index contributed by atoms with van der Waals surface area (Å²) in [4.78, 5) is 0. The summed E-state index contributed by atoms with van der Waals surface area (Å²) < 4.78 is 0. The van der Waals surface area contributed by atoms with Crippen molar-refractivity contribution >= 4 is 11.4 Å². The predicted octanol–water partition coefficient (Wildman–Crippen LogP) is 3.89. The van der Waals surface area contributed by atoms with Gasteiger partial charge in [0.1, 0.15) is 0 Å². The number of rotatable bonds is 8. The molecule has 2 heteroatoms. The SMILES string of the molecule is C=CCNc1ccccc1NCCCCC. The van der Waals surface area contributed by atoms with Crippen molar-refractivity contribution in [3.05, 3.63) is 36.9 Å². The van der Waals surface area contributed by atoms with Gasteiger partial charge in [-0.3, -0.25) is 0 Å². The number of unbranched alkanes of at least 4 members (excludes halogenated alkanes) is 2. The lowest BCUT2D eigenvalue weighted by atomic mass is 10.2. The summed E-state index contributed by atoms with van der Waals surface area (Å²) in [5, 5.41) is 6.78. The van der Waals surface area contributed by atoms with E-state index < -0.39 is 0 Å². The lowest BCUT2D eigenvalue weighted by Gasteiger charge is -2.12. The number of hydrogen-bond acceptors (Lipinski definition) is 2. The summed E-state index contributed by atoms with van der Waals surface area (Å²) in [6.45, 7) is 7.77. The number of anilines is 2. The average molecular weight is 218 g/mol. The van der Waals surface area contributed by atoms with E-state index in [-0.39, 0.29) is 0 Å². The third-order valence-electron chi connectivity index (χ3n) is 2.46. The van der Waals surface area contributed by atoms with Crippen LogP contribution in [0, 0.1) is 0 Å². The van der Waals surface area contributed by atoms with Crippen molar-refractivity contribution in [2.45, 2.75) is 26.2 Å². The van der Waals surface area contributed by atoms with Gasteiger partial charge < -0.3 is 10.6 Å². The van der Waals surface area contributed by atoms with Crippen LogP contribution < -0.4 is 10.6 Å². The van der Waals surface area contributed by atoms with Gasteiger partial charge in [0.2, 0.25) is 0 Å². The minimum Gasteiger partial charge on any atom is -0.383 e. The maximum Gasteiger partial charge on any atom is 0.0578 e. The molecule has 0 saturated carbocycles. The Balaban J connectivity index is 2.46. The van der Waals surface area contributed by atoms with Crippen LogP contribution in [0.15, 0.2) is 36.9 Å². The Hall–Kier alpha value is -1.44. The van der Waals surface area contributed by atoms with Crippen LogP contribution >= 0.6 is 0 Å². The first-order valence-electron chi connectivity index (χ1n) is 6.06. The van der Waals surface area contributed by atoms with E-state index in [1.54, 1.807) is 0 Å². The van der Waals surface area contributed by atoms with Crippen molar-refractivity contribution in [2.75, 3.05) is 23.7 Å². The normalized spacial score (nSPS) is 9.81. The van der Waals surface area contributed by atoms with Gasteiger partial charge in [-0.2, -0.15) is 0 Å². The molecule has 88 valence electrons. The molecule has 0 aliphatic carbocycles. The van der Waals surface area contributed by atoms with Gasteiger partial charge in [0, 0.05) is 13.1 Å². The average Bonchev–Trinajstić information content (AvgIpc) is 2.33. The topological polar surface area (TPSA) is 24.1 Å². The Morgan fingerprint density at radius 1 is 1.12 bits per heavy atom. The van der Waals surface area contributed by atoms with Crippen LogP contribution in [0.2, 0.25) is 0 Å². The van der Waals surface area contributed by atoms with Gasteiger partial charge in [0.05, 0.1) is 11.4 Å². The molecule has 0 amide bonds. The van der Waals surface area contributed by atoms with Gasteiger partial charge >= 0.3 is 0 Å². The van der Waals surface area contributed by atoms with E-state index in [2.05, 4.69) is 42.3 Å². The van der Waals surface area contributed by atoms with Gasteiger partial charge in [-0.15, -0.1) is 6.58 Å². The monoisotopic (exact) mass is 218 g/mol. The summed E-state index contributed by atoms with van der Waals surface area (Å²) in [5.74, 6) is 0. The van der Waals surface area contributed by atoms with Crippen LogP contribution in [-0.4, -0.2) is 13.1 Å². The number of benzene rings is 1. The highest BCUT2D eigenvalue weighted by molar-refractivity contribution is 5.68. The zero-order valence-electron chi connectivity index (χ0n) is 10.1. The van der Waals surface area contributed by atoms with E-state index in [0.717, 1.165) is 18.8 Å². The molecule has 1 aromatic carbocycles. The number of nitrogens with one attached hydrogen (secondary N) is 2. The van der Waals surface area contributed by atoms with Gasteiger partial charge in [-0.05, 0) is 18.6 Å². The second-order valence-electron chi connectivity index (χ2n) is 3.85. The van der Waals surface area contributed by atoms with E-state index in [0.29, 0.717) is 0 Å². The van der Waals surface area contributed by atoms with E-state index in [9.17, 15) is 0 Å². The first-order chi connectivity index (χ1) is 7.88. The van der Waals surface area contributed by atoms with E-state index in [1.807, 2.05) is 12.1 Å². The molecule has 0 saturated heterocycles. The van der Waals surface area contributed by atoms with Crippen LogP contribution in [0.1, 0.15) is 26.2 Å². The molecule has 0 heterocycles. The minimum absolute atomic E-state index is 0.799. The van der Waals surface area contributed by atoms with Crippen LogP contribution in [0.4, 0.5) is 11.4 Å². The molecule has 1 aromatic rings. The molecule has 0 bridgehead atoms. The zero-order valence-corrected chi connectivity index (χ0v) is 10.1. The maximum absolute atomic E-state index is 3.71. The van der Waals surface area contributed by atoms with Crippen LogP contribution in [0.25, 0.3) is 0 Å². The smallest absolute Gasteiger partial charge is 0.0578 e. The van der Waals surface area contributed by atoms with Crippen molar-refractivity contribution in [3.63, 3.8) is 0 Å². The van der Waals surface area contributed by atoms with Gasteiger partial charge in [-0.1, -0.05) is 38.0 Å². The fraction of sp³-hybridized carbons (Fsp3) is 0.429. The molecular weight excluding hydrogens is 196 g/mol. The van der Waals surface area contributed by atoms with Crippen molar-refractivity contribution < 1.29 is 0 Å². The molecule has 0 spiro atoms. The summed E-state index contributed by atoms with van der Waals surface area (Å²) in [6.07, 6.45) is 5.65. The highest BCUT2D eigenvalue weighted by atomic mass is 14.9. The standard InChI is InChI=1S/C14H22N2/c1-3-5-8-12-16-14-10-7-6-9-13(14)15-11-4-2/h4,6-7,9-10,15-16H,2-3,5,8,11-12H2,1H3. The van der Waals surface area contributed by atoms with Gasteiger partial charge in [0.15, 0.2) is 0 Å². The second-order valence-corrected chi connectivity index (χ2v) is 3.85. The third kappa shape index (κ3) is 4.39. The summed E-state index contributed by atoms with van der Waals surface area (Å²) in [6, 6.07) is 8.30. The fourth-order valence-corrected chi connectivity index (χ4v) is 1.57. The molecular formula is C14H22N2. The Morgan fingerprint density at radius 3 is 2.44 bits per heavy atom. The zero-order chi connectivity index (χ0) is 11.6. The van der Waals surface area contributed by atoms with Gasteiger partial charge in [-0.25, -0.2) is 0 Å². The summed E-state index contributed by atoms with van der Waals surface area (Å²) >= 11 is 0. The molecule has 0 radical (unpaired) electrons. The van der Waals surface area contributed by atoms with Crippen LogP contribution in [0.3, 0.4) is 0 Å². The molecule has 0 fully saturated rings. The lowest BCUT2D eigenvalue weighted by Crippen LogP contribution is -2.06. The van der Waals surface area contributed by atoms with Crippen LogP contribution in [0.5, 0.6) is 0 Å². The molecule has 0 aliphatic heterocycles. The molecule has 0 atom stereocenters. The highest BCUT2D eigenvalue weighted by Gasteiger charge is 1.98. The molecule has 1 rings (SSSR count). The lowest BCUT2D eigenvalue weighted by molar-refractivity contribution is 0.744. The van der Waals surface area contributed by atoms with E-state index >= 15 is 0 Å². The van der Waals surface area contributed by atoms with Crippen molar-refractivity contribution in [2.24, 2.45) is 0 Å². The fourth-order valence-electron chi connectivity index (χ4n) is 1.57. The first-order valence-corrected chi connectivity index (χ1v) is 6.06. The summed E-state index contributed by atoms with van der Waals surface area (Å²) in [5.41, 5.74) is 2.33. The largest absolute Gasteiger partial charge is 0.383 e. The highest BCUT2D eigenvalue weighted by Crippen LogP contribution is 2.20. The number of para-hydroxylation sites is 2. The molecule has 2 N–H and O–H groups in total. The molecule has 0 aliphatic rings. The Bertz CT molecular complexity index is 307.